The lowest BCUT2D eigenvalue weighted by Gasteiger charge is -2.36. The molecule has 13 nitrogen and oxygen atoms in total. The molecule has 4 aromatic rings. The monoisotopic (exact) mass is 845 g/mol. The number of rotatable bonds is 13. The second-order valence-corrected chi connectivity index (χ2v) is 15.3. The number of amides is 1. The van der Waals surface area contributed by atoms with Crippen molar-refractivity contribution in [3.63, 3.8) is 0 Å². The van der Waals surface area contributed by atoms with E-state index in [-0.39, 0.29) is 31.6 Å². The fourth-order valence-corrected chi connectivity index (χ4v) is 7.65. The van der Waals surface area contributed by atoms with Gasteiger partial charge >= 0.3 is 17.9 Å². The third-order valence-corrected chi connectivity index (χ3v) is 10.8. The van der Waals surface area contributed by atoms with Gasteiger partial charge in [0.1, 0.15) is 12.1 Å². The second-order valence-electron chi connectivity index (χ2n) is 14.5. The Bertz CT molecular complexity index is 2190. The van der Waals surface area contributed by atoms with E-state index in [1.54, 1.807) is 39.8 Å². The standard InChI is InChI=1S/C25H30N2O5.C19H19Cl2N3O3/c1-3-32-25(31)21(14-13-18-9-5-4-6-10-18)26-17(2)23(28)27-16-20-12-8-7-11-19(20)15-22(27)24(29)30;1-9(2)26-19(25)15-11(4)24-10(3)14(18-22-8-23-27-18)16(15)12-6-5-7-13(20)17(12)21/h4-12,17,21-22,26H,3,13-16H2,1-2H3,(H,29,30);5-9,16,24H,1-4H3/t17-,21-,22-;/m0./s1. The number of carbonyl (C=O) groups is 4. The van der Waals surface area contributed by atoms with Gasteiger partial charge in [0.05, 0.1) is 40.3 Å². The Morgan fingerprint density at radius 3 is 2.31 bits per heavy atom. The molecule has 1 amide bonds. The molecule has 2 aliphatic rings. The number of carbonyl (C=O) groups excluding carboxylic acids is 3. The zero-order chi connectivity index (χ0) is 42.8. The Kier molecular flexibility index (Phi) is 15.5. The number of fused-ring (bicyclic) bond motifs is 1. The van der Waals surface area contributed by atoms with Gasteiger partial charge in [-0.05, 0) is 82.7 Å². The molecule has 0 saturated carbocycles. The maximum Gasteiger partial charge on any atom is 0.337 e. The van der Waals surface area contributed by atoms with Crippen molar-refractivity contribution in [2.45, 2.75) is 97.5 Å². The number of aliphatic carboxylic acids is 1. The summed E-state index contributed by atoms with van der Waals surface area (Å²) in [6.07, 6.45) is 2.41. The van der Waals surface area contributed by atoms with Crippen LogP contribution in [0.4, 0.5) is 0 Å². The lowest BCUT2D eigenvalue weighted by Crippen LogP contribution is -2.56. The summed E-state index contributed by atoms with van der Waals surface area (Å²) in [6, 6.07) is 20.3. The van der Waals surface area contributed by atoms with Crippen molar-refractivity contribution in [3.05, 3.63) is 134 Å². The molecule has 0 bridgehead atoms. The Balaban J connectivity index is 0.000000227. The van der Waals surface area contributed by atoms with Crippen molar-refractivity contribution in [3.8, 4) is 0 Å². The zero-order valence-corrected chi connectivity index (χ0v) is 35.3. The number of nitrogens with one attached hydrogen (secondary N) is 2. The van der Waals surface area contributed by atoms with E-state index in [2.05, 4.69) is 20.8 Å². The largest absolute Gasteiger partial charge is 0.480 e. The van der Waals surface area contributed by atoms with Crippen LogP contribution in [-0.2, 0) is 48.0 Å². The van der Waals surface area contributed by atoms with Crippen LogP contribution in [0.15, 0.2) is 101 Å². The molecular weight excluding hydrogens is 797 g/mol. The normalized spacial score (nSPS) is 17.3. The molecule has 15 heteroatoms. The molecule has 4 atom stereocenters. The Labute approximate surface area is 353 Å². The third-order valence-electron chi connectivity index (χ3n) is 9.98. The van der Waals surface area contributed by atoms with E-state index < -0.39 is 42.0 Å². The number of hydrogen-bond donors (Lipinski definition) is 3. The van der Waals surface area contributed by atoms with Gasteiger partial charge in [0, 0.05) is 29.9 Å². The smallest absolute Gasteiger partial charge is 0.337 e. The molecule has 59 heavy (non-hydrogen) atoms. The molecule has 3 heterocycles. The third kappa shape index (κ3) is 11.0. The summed E-state index contributed by atoms with van der Waals surface area (Å²) < 4.78 is 16.0. The topological polar surface area (TPSA) is 173 Å². The number of benzene rings is 3. The average Bonchev–Trinajstić information content (AvgIpc) is 3.74. The summed E-state index contributed by atoms with van der Waals surface area (Å²) in [5, 5.41) is 20.5. The number of carboxylic acids is 1. The van der Waals surface area contributed by atoms with Crippen LogP contribution >= 0.6 is 23.2 Å². The first-order valence-electron chi connectivity index (χ1n) is 19.4. The van der Waals surface area contributed by atoms with Crippen LogP contribution in [0.2, 0.25) is 10.0 Å². The van der Waals surface area contributed by atoms with Crippen LogP contribution < -0.4 is 10.6 Å². The number of halogens is 2. The Morgan fingerprint density at radius 2 is 1.66 bits per heavy atom. The number of dihydropyridines is 1. The molecule has 312 valence electrons. The molecule has 0 fully saturated rings. The fraction of sp³-hybridized carbons (Fsp3) is 0.364. The molecule has 1 aromatic heterocycles. The van der Waals surface area contributed by atoms with Gasteiger partial charge in [0.25, 0.3) is 5.89 Å². The highest BCUT2D eigenvalue weighted by Crippen LogP contribution is 2.46. The minimum Gasteiger partial charge on any atom is -0.480 e. The Morgan fingerprint density at radius 1 is 0.966 bits per heavy atom. The van der Waals surface area contributed by atoms with Crippen molar-refractivity contribution in [1.29, 1.82) is 0 Å². The molecule has 3 N–H and O–H groups in total. The van der Waals surface area contributed by atoms with Crippen molar-refractivity contribution in [1.82, 2.24) is 25.7 Å². The van der Waals surface area contributed by atoms with E-state index in [1.165, 1.54) is 11.2 Å². The van der Waals surface area contributed by atoms with Crippen LogP contribution in [0.1, 0.15) is 82.0 Å². The molecule has 0 spiro atoms. The van der Waals surface area contributed by atoms with Gasteiger partial charge in [-0.1, -0.05) is 95.1 Å². The number of allylic oxidation sites excluding steroid dienone is 3. The van der Waals surface area contributed by atoms with Crippen molar-refractivity contribution < 1.29 is 38.3 Å². The quantitative estimate of drug-likeness (QED) is 0.115. The molecular formula is C44H49Cl2N5O8. The van der Waals surface area contributed by atoms with Gasteiger partial charge in [-0.25, -0.2) is 9.59 Å². The summed E-state index contributed by atoms with van der Waals surface area (Å²) in [6.45, 7) is 11.2. The van der Waals surface area contributed by atoms with Gasteiger partial charge in [-0.2, -0.15) is 4.98 Å². The van der Waals surface area contributed by atoms with Gasteiger partial charge in [-0.3, -0.25) is 14.9 Å². The number of hydrogen-bond acceptors (Lipinski definition) is 11. The lowest BCUT2D eigenvalue weighted by molar-refractivity contribution is -0.153. The number of aromatic nitrogens is 2. The number of aryl methyl sites for hydroxylation is 1. The van der Waals surface area contributed by atoms with E-state index in [4.69, 9.17) is 37.2 Å². The first kappa shape index (κ1) is 44.6. The minimum absolute atomic E-state index is 0.228. The van der Waals surface area contributed by atoms with E-state index in [1.807, 2.05) is 74.5 Å². The highest BCUT2D eigenvalue weighted by atomic mass is 35.5. The van der Waals surface area contributed by atoms with Crippen LogP contribution in [0.5, 0.6) is 0 Å². The van der Waals surface area contributed by atoms with Crippen LogP contribution in [-0.4, -0.2) is 74.8 Å². The minimum atomic E-state index is -1.04. The summed E-state index contributed by atoms with van der Waals surface area (Å²) >= 11 is 12.8. The van der Waals surface area contributed by atoms with E-state index >= 15 is 0 Å². The molecule has 1 unspecified atom stereocenters. The number of nitrogens with zero attached hydrogens (tertiary/aromatic N) is 3. The maximum atomic E-state index is 13.3. The number of esters is 2. The van der Waals surface area contributed by atoms with Crippen LogP contribution in [0, 0.1) is 0 Å². The van der Waals surface area contributed by atoms with E-state index in [0.717, 1.165) is 22.4 Å². The lowest BCUT2D eigenvalue weighted by atomic mass is 9.80. The predicted molar refractivity (Wildman–Crippen MR) is 223 cm³/mol. The van der Waals surface area contributed by atoms with Crippen molar-refractivity contribution in [2.24, 2.45) is 0 Å². The predicted octanol–water partition coefficient (Wildman–Crippen LogP) is 7.29. The highest BCUT2D eigenvalue weighted by molar-refractivity contribution is 6.42. The van der Waals surface area contributed by atoms with Gasteiger partial charge in [0.15, 0.2) is 6.33 Å². The fourth-order valence-electron chi connectivity index (χ4n) is 7.24. The number of carboxylic acid groups (broad SMARTS) is 1. The van der Waals surface area contributed by atoms with Crippen LogP contribution in [0.25, 0.3) is 5.57 Å². The maximum absolute atomic E-state index is 13.3. The van der Waals surface area contributed by atoms with Gasteiger partial charge in [0.2, 0.25) is 5.91 Å². The summed E-state index contributed by atoms with van der Waals surface area (Å²) in [7, 11) is 0. The molecule has 6 rings (SSSR count). The van der Waals surface area contributed by atoms with Gasteiger partial charge < -0.3 is 29.3 Å². The van der Waals surface area contributed by atoms with Crippen molar-refractivity contribution in [2.75, 3.05) is 6.61 Å². The molecule has 0 saturated heterocycles. The SMILES string of the molecule is CC1=C(C(=O)OC(C)C)C(c2cccc(Cl)c2Cl)C(c2ncno2)=C(C)N1.CCOC(=O)[C@H](CCc1ccccc1)N[C@@H](C)C(=O)N1Cc2ccccc2C[C@H]1C(=O)O. The molecule has 2 aliphatic heterocycles. The van der Waals surface area contributed by atoms with E-state index in [0.29, 0.717) is 51.2 Å². The molecule has 0 radical (unpaired) electrons. The molecule has 3 aromatic carbocycles. The first-order valence-corrected chi connectivity index (χ1v) is 20.1. The van der Waals surface area contributed by atoms with Crippen molar-refractivity contribution >= 4 is 52.6 Å². The first-order chi connectivity index (χ1) is 28.2. The Hall–Kier alpha value is -5.50. The highest BCUT2D eigenvalue weighted by Gasteiger charge is 2.39. The van der Waals surface area contributed by atoms with Crippen LogP contribution in [0.3, 0.4) is 0 Å². The average molecular weight is 847 g/mol. The summed E-state index contributed by atoms with van der Waals surface area (Å²) in [5.41, 5.74) is 6.15. The second kappa shape index (κ2) is 20.5. The molecule has 0 aliphatic carbocycles. The zero-order valence-electron chi connectivity index (χ0n) is 33.8. The number of ether oxygens (including phenoxy) is 2. The van der Waals surface area contributed by atoms with Gasteiger partial charge in [-0.15, -0.1) is 0 Å². The van der Waals surface area contributed by atoms with E-state index in [9.17, 15) is 24.3 Å². The summed E-state index contributed by atoms with van der Waals surface area (Å²) in [4.78, 5) is 56.2. The summed E-state index contributed by atoms with van der Waals surface area (Å²) in [5.74, 6) is -2.51.